The van der Waals surface area contributed by atoms with Crippen LogP contribution in [0.2, 0.25) is 5.02 Å². The first-order chi connectivity index (χ1) is 16.0. The molecule has 1 aliphatic rings. The lowest BCUT2D eigenvalue weighted by molar-refractivity contribution is -0.113. The van der Waals surface area contributed by atoms with Gasteiger partial charge in [0.1, 0.15) is 12.4 Å². The van der Waals surface area contributed by atoms with E-state index in [-0.39, 0.29) is 27.6 Å². The van der Waals surface area contributed by atoms with E-state index in [0.717, 1.165) is 22.2 Å². The first-order valence-electron chi connectivity index (χ1n) is 10.1. The summed E-state index contributed by atoms with van der Waals surface area (Å²) in [5, 5.41) is -0.0792. The van der Waals surface area contributed by atoms with E-state index in [0.29, 0.717) is 29.4 Å². The Morgan fingerprint density at radius 1 is 1.03 bits per heavy atom. The Labute approximate surface area is 199 Å². The molecule has 0 aliphatic carbocycles. The number of nitrogens with zero attached hydrogens (tertiary/aromatic N) is 1. The zero-order valence-electron chi connectivity index (χ0n) is 17.6. The third kappa shape index (κ3) is 5.21. The molecular weight excluding hydrogens is 465 g/mol. The molecule has 0 spiro atoms. The molecule has 1 heterocycles. The maximum absolute atomic E-state index is 13.1. The number of hydrogen-bond acceptors (Lipinski definition) is 5. The van der Waals surface area contributed by atoms with Crippen molar-refractivity contribution in [1.29, 1.82) is 0 Å². The standard InChI is InChI=1S/C25H19ClFNO4S/c1-2-31-21-13-17(12-20(26)23(21)32-15-16-8-10-18(27)11-9-16)14-22-24(29)28(25(30)33-22)19-6-4-3-5-7-19/h3-14H,2,15H2,1H3/b22-14-. The fourth-order valence-corrected chi connectivity index (χ4v) is 4.34. The molecule has 2 amide bonds. The summed E-state index contributed by atoms with van der Waals surface area (Å²) in [6.45, 7) is 2.38. The number of amides is 2. The van der Waals surface area contributed by atoms with Crippen molar-refractivity contribution in [1.82, 2.24) is 0 Å². The van der Waals surface area contributed by atoms with Crippen molar-refractivity contribution in [3.63, 3.8) is 0 Å². The smallest absolute Gasteiger partial charge is 0.298 e. The summed E-state index contributed by atoms with van der Waals surface area (Å²) in [4.78, 5) is 26.7. The Kier molecular flexibility index (Phi) is 7.01. The number of rotatable bonds is 7. The Morgan fingerprint density at radius 2 is 1.76 bits per heavy atom. The van der Waals surface area contributed by atoms with Crippen molar-refractivity contribution in [3.05, 3.63) is 93.6 Å². The lowest BCUT2D eigenvalue weighted by atomic mass is 10.1. The van der Waals surface area contributed by atoms with Crippen LogP contribution < -0.4 is 14.4 Å². The first-order valence-corrected chi connectivity index (χ1v) is 11.3. The second kappa shape index (κ2) is 10.1. The Morgan fingerprint density at radius 3 is 2.45 bits per heavy atom. The molecule has 0 saturated carbocycles. The predicted molar refractivity (Wildman–Crippen MR) is 128 cm³/mol. The second-order valence-electron chi connectivity index (χ2n) is 7.03. The topological polar surface area (TPSA) is 55.8 Å². The van der Waals surface area contributed by atoms with E-state index < -0.39 is 5.91 Å². The Balaban J connectivity index is 1.59. The van der Waals surface area contributed by atoms with Gasteiger partial charge in [0.25, 0.3) is 11.1 Å². The molecule has 5 nitrogen and oxygen atoms in total. The third-order valence-corrected chi connectivity index (χ3v) is 5.88. The van der Waals surface area contributed by atoms with Gasteiger partial charge in [0.2, 0.25) is 0 Å². The molecule has 3 aromatic carbocycles. The van der Waals surface area contributed by atoms with Gasteiger partial charge in [-0.3, -0.25) is 9.59 Å². The van der Waals surface area contributed by atoms with Crippen molar-refractivity contribution in [2.45, 2.75) is 13.5 Å². The average Bonchev–Trinajstić information content (AvgIpc) is 3.08. The summed E-state index contributed by atoms with van der Waals surface area (Å²) < 4.78 is 24.7. The molecule has 8 heteroatoms. The Bertz CT molecular complexity index is 1220. The van der Waals surface area contributed by atoms with Gasteiger partial charge in [-0.05, 0) is 72.3 Å². The number of thioether (sulfide) groups is 1. The van der Waals surface area contributed by atoms with Crippen LogP contribution in [0.4, 0.5) is 14.9 Å². The second-order valence-corrected chi connectivity index (χ2v) is 8.43. The largest absolute Gasteiger partial charge is 0.490 e. The van der Waals surface area contributed by atoms with Crippen LogP contribution in [0.1, 0.15) is 18.1 Å². The van der Waals surface area contributed by atoms with Crippen molar-refractivity contribution in [3.8, 4) is 11.5 Å². The summed E-state index contributed by atoms with van der Waals surface area (Å²) in [5.41, 5.74) is 1.88. The fourth-order valence-electron chi connectivity index (χ4n) is 3.23. The molecule has 1 aliphatic heterocycles. The first kappa shape index (κ1) is 22.9. The normalized spacial score (nSPS) is 14.8. The van der Waals surface area contributed by atoms with Crippen molar-refractivity contribution < 1.29 is 23.5 Å². The monoisotopic (exact) mass is 483 g/mol. The molecule has 0 N–H and O–H groups in total. The van der Waals surface area contributed by atoms with E-state index in [1.165, 1.54) is 12.1 Å². The minimum absolute atomic E-state index is 0.176. The molecule has 0 unspecified atom stereocenters. The summed E-state index contributed by atoms with van der Waals surface area (Å²) in [7, 11) is 0. The van der Waals surface area contributed by atoms with Gasteiger partial charge < -0.3 is 9.47 Å². The summed E-state index contributed by atoms with van der Waals surface area (Å²) in [5.74, 6) is 0.0211. The van der Waals surface area contributed by atoms with E-state index >= 15 is 0 Å². The van der Waals surface area contributed by atoms with Gasteiger partial charge in [0.15, 0.2) is 11.5 Å². The highest BCUT2D eigenvalue weighted by atomic mass is 35.5. The lowest BCUT2D eigenvalue weighted by Crippen LogP contribution is -2.27. The maximum Gasteiger partial charge on any atom is 0.298 e. The molecule has 0 bridgehead atoms. The SMILES string of the molecule is CCOc1cc(/C=C2\SC(=O)N(c3ccccc3)C2=O)cc(Cl)c1OCc1ccc(F)cc1. The highest BCUT2D eigenvalue weighted by Crippen LogP contribution is 2.40. The van der Waals surface area contributed by atoms with Gasteiger partial charge in [-0.1, -0.05) is 41.9 Å². The minimum atomic E-state index is -0.401. The molecule has 33 heavy (non-hydrogen) atoms. The van der Waals surface area contributed by atoms with Gasteiger partial charge in [0, 0.05) is 0 Å². The summed E-state index contributed by atoms with van der Waals surface area (Å²) in [6, 6.07) is 18.1. The van der Waals surface area contributed by atoms with Crippen LogP contribution in [0.15, 0.2) is 71.6 Å². The number of carbonyl (C=O) groups is 2. The van der Waals surface area contributed by atoms with Crippen LogP contribution >= 0.6 is 23.4 Å². The average molecular weight is 484 g/mol. The number of halogens is 2. The molecular formula is C25H19ClFNO4S. The molecule has 0 atom stereocenters. The highest BCUT2D eigenvalue weighted by molar-refractivity contribution is 8.19. The summed E-state index contributed by atoms with van der Waals surface area (Å²) in [6.07, 6.45) is 1.60. The van der Waals surface area contributed by atoms with E-state index in [9.17, 15) is 14.0 Å². The van der Waals surface area contributed by atoms with Crippen LogP contribution in [0, 0.1) is 5.82 Å². The molecule has 0 radical (unpaired) electrons. The van der Waals surface area contributed by atoms with Crippen LogP contribution in [-0.2, 0) is 11.4 Å². The number of ether oxygens (including phenoxy) is 2. The van der Waals surface area contributed by atoms with Crippen LogP contribution in [0.5, 0.6) is 11.5 Å². The number of anilines is 1. The molecule has 0 aromatic heterocycles. The number of carbonyl (C=O) groups excluding carboxylic acids is 2. The lowest BCUT2D eigenvalue weighted by Gasteiger charge is -2.15. The molecule has 3 aromatic rings. The van der Waals surface area contributed by atoms with Gasteiger partial charge in [-0.15, -0.1) is 0 Å². The zero-order valence-corrected chi connectivity index (χ0v) is 19.2. The Hall–Kier alpha value is -3.29. The number of hydrogen-bond donors (Lipinski definition) is 0. The molecule has 1 saturated heterocycles. The van der Waals surface area contributed by atoms with Crippen molar-refractivity contribution >= 4 is 46.3 Å². The molecule has 168 valence electrons. The minimum Gasteiger partial charge on any atom is -0.490 e. The van der Waals surface area contributed by atoms with Crippen LogP contribution in [-0.4, -0.2) is 17.8 Å². The van der Waals surface area contributed by atoms with Crippen LogP contribution in [0.25, 0.3) is 6.08 Å². The van der Waals surface area contributed by atoms with E-state index in [2.05, 4.69) is 0 Å². The quantitative estimate of drug-likeness (QED) is 0.350. The van der Waals surface area contributed by atoms with Crippen LogP contribution in [0.3, 0.4) is 0 Å². The predicted octanol–water partition coefficient (Wildman–Crippen LogP) is 6.70. The van der Waals surface area contributed by atoms with E-state index in [1.807, 2.05) is 13.0 Å². The van der Waals surface area contributed by atoms with Gasteiger partial charge in [-0.2, -0.15) is 0 Å². The molecule has 1 fully saturated rings. The van der Waals surface area contributed by atoms with Gasteiger partial charge >= 0.3 is 0 Å². The highest BCUT2D eigenvalue weighted by Gasteiger charge is 2.36. The summed E-state index contributed by atoms with van der Waals surface area (Å²) >= 11 is 7.34. The third-order valence-electron chi connectivity index (χ3n) is 4.73. The van der Waals surface area contributed by atoms with Crippen molar-refractivity contribution in [2.24, 2.45) is 0 Å². The number of benzene rings is 3. The van der Waals surface area contributed by atoms with E-state index in [1.54, 1.807) is 54.6 Å². The number of imide groups is 1. The molecule has 4 rings (SSSR count). The van der Waals surface area contributed by atoms with Gasteiger partial charge in [0.05, 0.1) is 22.2 Å². The van der Waals surface area contributed by atoms with Gasteiger partial charge in [-0.25, -0.2) is 9.29 Å². The maximum atomic E-state index is 13.1. The zero-order chi connectivity index (χ0) is 23.4. The van der Waals surface area contributed by atoms with Crippen molar-refractivity contribution in [2.75, 3.05) is 11.5 Å². The fraction of sp³-hybridized carbons (Fsp3) is 0.120. The van der Waals surface area contributed by atoms with E-state index in [4.69, 9.17) is 21.1 Å². The number of para-hydroxylation sites is 1.